The molecule has 0 heterocycles. The van der Waals surface area contributed by atoms with Crippen molar-refractivity contribution in [2.24, 2.45) is 0 Å². The van der Waals surface area contributed by atoms with Crippen LogP contribution in [0.5, 0.6) is 0 Å². The molecule has 0 unspecified atom stereocenters. The van der Waals surface area contributed by atoms with E-state index in [-0.39, 0.29) is 5.56 Å². The van der Waals surface area contributed by atoms with E-state index >= 15 is 0 Å². The van der Waals surface area contributed by atoms with E-state index in [2.05, 4.69) is 10.1 Å². The van der Waals surface area contributed by atoms with Crippen molar-refractivity contribution in [2.45, 2.75) is 5.25 Å². The molecule has 1 N–H and O–H groups in total. The predicted octanol–water partition coefficient (Wildman–Crippen LogP) is 0.702. The molecule has 1 amide bonds. The van der Waals surface area contributed by atoms with Crippen LogP contribution in [0.4, 0.5) is 8.78 Å². The molecular weight excluding hydrogens is 439 g/mol. The molecule has 0 aliphatic rings. The minimum Gasteiger partial charge on any atom is -0.743 e. The van der Waals surface area contributed by atoms with Gasteiger partial charge >= 0.3 is 11.2 Å². The second-order valence-electron chi connectivity index (χ2n) is 3.91. The summed E-state index contributed by atoms with van der Waals surface area (Å²) in [5.74, 6) is -1.94. The van der Waals surface area contributed by atoms with Gasteiger partial charge < -0.3 is 14.6 Å². The first kappa shape index (κ1) is 18.7. The summed E-state index contributed by atoms with van der Waals surface area (Å²) < 4.78 is 60.6. The molecule has 0 atom stereocenters. The van der Waals surface area contributed by atoms with Crippen LogP contribution < -0.4 is 5.32 Å². The molecule has 1 aromatic rings. The Bertz CT molecular complexity index is 679. The van der Waals surface area contributed by atoms with E-state index in [1.165, 1.54) is 6.07 Å². The fourth-order valence-electron chi connectivity index (χ4n) is 1.18. The molecular formula is C11H9F2INO6S-. The molecule has 0 aliphatic carbocycles. The molecule has 0 aromatic heterocycles. The summed E-state index contributed by atoms with van der Waals surface area (Å²) in [7, 11) is -5.93. The molecule has 0 saturated heterocycles. The van der Waals surface area contributed by atoms with Crippen LogP contribution >= 0.6 is 22.6 Å². The minimum atomic E-state index is -5.93. The Balaban J connectivity index is 2.51. The van der Waals surface area contributed by atoms with Crippen LogP contribution in [0.2, 0.25) is 0 Å². The molecule has 1 aromatic carbocycles. The first-order valence-corrected chi connectivity index (χ1v) is 8.05. The van der Waals surface area contributed by atoms with Gasteiger partial charge in [-0.2, -0.15) is 8.78 Å². The molecule has 0 bridgehead atoms. The fraction of sp³-hybridized carbons (Fsp3) is 0.273. The van der Waals surface area contributed by atoms with E-state index in [1.807, 2.05) is 22.6 Å². The van der Waals surface area contributed by atoms with Crippen molar-refractivity contribution in [3.63, 3.8) is 0 Å². The van der Waals surface area contributed by atoms with Crippen molar-refractivity contribution < 1.29 is 36.1 Å². The highest BCUT2D eigenvalue weighted by molar-refractivity contribution is 14.1. The van der Waals surface area contributed by atoms with Gasteiger partial charge in [0, 0.05) is 3.57 Å². The second-order valence-corrected chi connectivity index (χ2v) is 6.58. The van der Waals surface area contributed by atoms with Gasteiger partial charge in [-0.3, -0.25) is 9.59 Å². The van der Waals surface area contributed by atoms with Crippen LogP contribution in [0.3, 0.4) is 0 Å². The van der Waals surface area contributed by atoms with Crippen LogP contribution in [0.25, 0.3) is 0 Å². The quantitative estimate of drug-likeness (QED) is 0.390. The van der Waals surface area contributed by atoms with E-state index in [0.717, 1.165) is 0 Å². The molecule has 0 radical (unpaired) electrons. The summed E-state index contributed by atoms with van der Waals surface area (Å²) >= 11 is 1.89. The Morgan fingerprint density at radius 1 is 1.32 bits per heavy atom. The molecule has 1 rings (SSSR count). The zero-order chi connectivity index (χ0) is 17.0. The van der Waals surface area contributed by atoms with Crippen LogP contribution in [0.15, 0.2) is 24.3 Å². The average molecular weight is 448 g/mol. The maximum Gasteiger partial charge on any atom is 0.367 e. The number of hydrogen-bond donors (Lipinski definition) is 1. The number of ether oxygens (including phenoxy) is 1. The van der Waals surface area contributed by atoms with Gasteiger partial charge in [0.2, 0.25) is 0 Å². The van der Waals surface area contributed by atoms with Gasteiger partial charge in [-0.15, -0.1) is 0 Å². The Hall–Kier alpha value is -1.34. The molecule has 122 valence electrons. The topological polar surface area (TPSA) is 113 Å². The third-order valence-corrected chi connectivity index (χ3v) is 4.07. The largest absolute Gasteiger partial charge is 0.743 e. The second kappa shape index (κ2) is 7.28. The van der Waals surface area contributed by atoms with Gasteiger partial charge in [0.25, 0.3) is 5.91 Å². The van der Waals surface area contributed by atoms with Gasteiger partial charge in [-0.1, -0.05) is 12.1 Å². The maximum absolute atomic E-state index is 12.7. The monoisotopic (exact) mass is 448 g/mol. The van der Waals surface area contributed by atoms with Gasteiger partial charge in [-0.25, -0.2) is 8.42 Å². The number of benzene rings is 1. The lowest BCUT2D eigenvalue weighted by Crippen LogP contribution is -2.37. The maximum atomic E-state index is 12.7. The van der Waals surface area contributed by atoms with Crippen molar-refractivity contribution in [1.29, 1.82) is 0 Å². The molecule has 0 aliphatic heterocycles. The smallest absolute Gasteiger partial charge is 0.367 e. The number of carbonyl (C=O) groups is 2. The molecule has 22 heavy (non-hydrogen) atoms. The summed E-state index contributed by atoms with van der Waals surface area (Å²) in [6, 6.07) is 6.42. The van der Waals surface area contributed by atoms with Gasteiger partial charge in [0.15, 0.2) is 16.7 Å². The van der Waals surface area contributed by atoms with E-state index in [0.29, 0.717) is 3.57 Å². The van der Waals surface area contributed by atoms with E-state index in [4.69, 9.17) is 0 Å². The van der Waals surface area contributed by atoms with Gasteiger partial charge in [0.1, 0.15) is 6.54 Å². The van der Waals surface area contributed by atoms with E-state index in [9.17, 15) is 31.3 Å². The first-order valence-electron chi connectivity index (χ1n) is 5.56. The summed E-state index contributed by atoms with van der Waals surface area (Å²) in [6.07, 6.45) is 0. The lowest BCUT2D eigenvalue weighted by Gasteiger charge is -2.19. The van der Waals surface area contributed by atoms with E-state index in [1.54, 1.807) is 18.2 Å². The van der Waals surface area contributed by atoms with Crippen molar-refractivity contribution >= 4 is 44.6 Å². The number of carbonyl (C=O) groups excluding carboxylic acids is 2. The van der Waals surface area contributed by atoms with E-state index < -0.39 is 40.4 Å². The number of halogens is 3. The molecule has 0 fully saturated rings. The minimum absolute atomic E-state index is 0.267. The molecule has 7 nitrogen and oxygen atoms in total. The van der Waals surface area contributed by atoms with Crippen molar-refractivity contribution in [3.8, 4) is 0 Å². The Kier molecular flexibility index (Phi) is 6.19. The predicted molar refractivity (Wildman–Crippen MR) is 77.1 cm³/mol. The highest BCUT2D eigenvalue weighted by Gasteiger charge is 2.39. The number of hydrogen-bond acceptors (Lipinski definition) is 6. The van der Waals surface area contributed by atoms with Crippen molar-refractivity contribution in [1.82, 2.24) is 5.32 Å². The van der Waals surface area contributed by atoms with Crippen molar-refractivity contribution in [2.75, 3.05) is 13.2 Å². The highest BCUT2D eigenvalue weighted by atomic mass is 127. The Morgan fingerprint density at radius 3 is 2.45 bits per heavy atom. The zero-order valence-electron chi connectivity index (χ0n) is 10.7. The normalized spacial score (nSPS) is 11.8. The van der Waals surface area contributed by atoms with Crippen LogP contribution in [-0.2, 0) is 19.6 Å². The highest BCUT2D eigenvalue weighted by Crippen LogP contribution is 2.20. The Labute approximate surface area is 137 Å². The number of rotatable bonds is 6. The van der Waals surface area contributed by atoms with Crippen molar-refractivity contribution in [3.05, 3.63) is 33.4 Å². The summed E-state index contributed by atoms with van der Waals surface area (Å²) in [4.78, 5) is 22.9. The summed E-state index contributed by atoms with van der Waals surface area (Å²) in [5.41, 5.74) is 0.267. The molecule has 0 saturated carbocycles. The number of amides is 1. The third-order valence-electron chi connectivity index (χ3n) is 2.28. The lowest BCUT2D eigenvalue weighted by atomic mass is 10.2. The molecule has 11 heteroatoms. The summed E-state index contributed by atoms with van der Waals surface area (Å²) in [5, 5.41) is -2.60. The zero-order valence-corrected chi connectivity index (χ0v) is 13.7. The number of esters is 1. The first-order chi connectivity index (χ1) is 10.0. The third kappa shape index (κ3) is 5.14. The summed E-state index contributed by atoms with van der Waals surface area (Å²) in [6.45, 7) is -2.66. The standard InChI is InChI=1S/C11H10F2INO6S/c12-11(13,22(18,19)20)6-21-9(16)5-15-10(17)7-3-1-2-4-8(7)14/h1-4H,5-6H2,(H,15,17)(H,18,19,20)/p-1. The van der Waals surface area contributed by atoms with Gasteiger partial charge in [-0.05, 0) is 34.7 Å². The lowest BCUT2D eigenvalue weighted by molar-refractivity contribution is -0.148. The fourth-order valence-corrected chi connectivity index (χ4v) is 2.02. The van der Waals surface area contributed by atoms with Crippen LogP contribution in [0, 0.1) is 3.57 Å². The van der Waals surface area contributed by atoms with Crippen LogP contribution in [-0.4, -0.2) is 43.3 Å². The number of alkyl halides is 2. The Morgan fingerprint density at radius 2 is 1.91 bits per heavy atom. The number of nitrogens with one attached hydrogen (secondary N) is 1. The molecule has 0 spiro atoms. The average Bonchev–Trinajstić information content (AvgIpc) is 2.42. The van der Waals surface area contributed by atoms with Gasteiger partial charge in [0.05, 0.1) is 5.56 Å². The van der Waals surface area contributed by atoms with Crippen LogP contribution in [0.1, 0.15) is 10.4 Å². The SMILES string of the molecule is O=C(CNC(=O)c1ccccc1I)OCC(F)(F)S(=O)(=O)[O-].